The van der Waals surface area contributed by atoms with E-state index in [2.05, 4.69) is 0 Å². The van der Waals surface area contributed by atoms with Gasteiger partial charge in [-0.05, 0) is 0 Å². The molecule has 0 aromatic rings. The van der Waals surface area contributed by atoms with Crippen LogP contribution in [0.25, 0.3) is 0 Å². The molecule has 0 N–H and O–H groups in total. The Morgan fingerprint density at radius 1 is 0.522 bits per heavy atom. The normalized spacial score (nSPS) is 16.2. The molecule has 0 amide bonds. The maximum atomic E-state index is 12.7. The van der Waals surface area contributed by atoms with E-state index >= 15 is 0 Å². The first-order valence-corrected chi connectivity index (χ1v) is 4.86. The first kappa shape index (κ1) is 21.9. The molecule has 0 nitrogen and oxygen atoms in total. The molecule has 0 saturated carbocycles. The van der Waals surface area contributed by atoms with Crippen molar-refractivity contribution in [1.29, 1.82) is 0 Å². The van der Waals surface area contributed by atoms with Crippen molar-refractivity contribution in [3.8, 4) is 0 Å². The Kier molecular flexibility index (Phi) is 5.25. The van der Waals surface area contributed by atoms with Gasteiger partial charge in [-0.25, -0.2) is 13.2 Å². The van der Waals surface area contributed by atoms with Gasteiger partial charge in [0.25, 0.3) is 0 Å². The standard InChI is InChI=1S/C8H3F15/c9-1-3(12,13)5(16,17)7(20,21)8(22,23)6(18,19)4(14,15)2(10)11/h2H,1H2. The topological polar surface area (TPSA) is 0 Å². The highest BCUT2D eigenvalue weighted by Crippen LogP contribution is 2.60. The van der Waals surface area contributed by atoms with Gasteiger partial charge in [-0.1, -0.05) is 0 Å². The zero-order valence-electron chi connectivity index (χ0n) is 9.95. The van der Waals surface area contributed by atoms with Crippen molar-refractivity contribution < 1.29 is 65.9 Å². The molecule has 0 radical (unpaired) electrons. The minimum atomic E-state index is -8.10. The van der Waals surface area contributed by atoms with E-state index in [1.54, 1.807) is 0 Å². The molecule has 0 aromatic heterocycles. The van der Waals surface area contributed by atoms with Gasteiger partial charge >= 0.3 is 42.0 Å². The van der Waals surface area contributed by atoms with Gasteiger partial charge in [-0.3, -0.25) is 0 Å². The molecular formula is C8H3F15. The lowest BCUT2D eigenvalue weighted by molar-refractivity contribution is -0.433. The number of hydrogen-bond acceptors (Lipinski definition) is 0. The van der Waals surface area contributed by atoms with E-state index in [1.807, 2.05) is 0 Å². The number of halogens is 15. The van der Waals surface area contributed by atoms with Gasteiger partial charge in [0, 0.05) is 0 Å². The molecule has 0 aromatic carbocycles. The Morgan fingerprint density at radius 2 is 0.826 bits per heavy atom. The molecular weight excluding hydrogens is 381 g/mol. The molecule has 0 bridgehead atoms. The monoisotopic (exact) mass is 384 g/mol. The molecule has 0 heterocycles. The van der Waals surface area contributed by atoms with E-state index in [9.17, 15) is 65.9 Å². The van der Waals surface area contributed by atoms with Crippen LogP contribution >= 0.6 is 0 Å². The van der Waals surface area contributed by atoms with Crippen LogP contribution in [0.1, 0.15) is 0 Å². The quantitative estimate of drug-likeness (QED) is 0.540. The Bertz CT molecular complexity index is 421. The van der Waals surface area contributed by atoms with E-state index in [0.29, 0.717) is 0 Å². The van der Waals surface area contributed by atoms with Crippen LogP contribution in [-0.2, 0) is 0 Å². The van der Waals surface area contributed by atoms with E-state index in [-0.39, 0.29) is 0 Å². The molecule has 0 aliphatic heterocycles. The summed E-state index contributed by atoms with van der Waals surface area (Å²) in [5.74, 6) is -45.6. The van der Waals surface area contributed by atoms with Crippen LogP contribution in [0.4, 0.5) is 65.9 Å². The molecule has 15 heteroatoms. The summed E-state index contributed by atoms with van der Waals surface area (Å²) < 4.78 is 185. The smallest absolute Gasteiger partial charge is 0.244 e. The molecule has 0 spiro atoms. The lowest BCUT2D eigenvalue weighted by Crippen LogP contribution is -2.71. The van der Waals surface area contributed by atoms with Gasteiger partial charge in [-0.15, -0.1) is 0 Å². The predicted octanol–water partition coefficient (Wildman–Crippen LogP) is 5.03. The fourth-order valence-electron chi connectivity index (χ4n) is 1.05. The van der Waals surface area contributed by atoms with Crippen LogP contribution in [0.15, 0.2) is 0 Å². The highest BCUT2D eigenvalue weighted by molar-refractivity contribution is 5.12. The minimum absolute atomic E-state index is 3.76. The summed E-state index contributed by atoms with van der Waals surface area (Å²) in [5.41, 5.74) is 0. The average molecular weight is 384 g/mol. The lowest BCUT2D eigenvalue weighted by atomic mass is 9.92. The molecule has 0 saturated heterocycles. The molecule has 23 heavy (non-hydrogen) atoms. The Hall–Kier alpha value is -1.05. The van der Waals surface area contributed by atoms with Crippen LogP contribution in [0.3, 0.4) is 0 Å². The summed E-state index contributed by atoms with van der Waals surface area (Å²) in [6.07, 6.45) is -5.74. The molecule has 0 atom stereocenters. The summed E-state index contributed by atoms with van der Waals surface area (Å²) in [6.45, 7) is -3.76. The minimum Gasteiger partial charge on any atom is -0.244 e. The SMILES string of the molecule is FCC(F)(F)C(F)(F)C(F)(F)C(F)(F)C(F)(F)C(F)(F)C(F)F. The van der Waals surface area contributed by atoms with Crippen molar-refractivity contribution in [3.05, 3.63) is 0 Å². The lowest BCUT2D eigenvalue weighted by Gasteiger charge is -2.40. The highest BCUT2D eigenvalue weighted by Gasteiger charge is 2.91. The van der Waals surface area contributed by atoms with Crippen molar-refractivity contribution in [2.75, 3.05) is 6.67 Å². The zero-order valence-corrected chi connectivity index (χ0v) is 9.95. The zero-order chi connectivity index (χ0) is 19.3. The van der Waals surface area contributed by atoms with Crippen molar-refractivity contribution in [2.45, 2.75) is 42.0 Å². The van der Waals surface area contributed by atoms with E-state index in [1.165, 1.54) is 0 Å². The first-order chi connectivity index (χ1) is 9.75. The van der Waals surface area contributed by atoms with Gasteiger partial charge in [0.1, 0.15) is 0 Å². The summed E-state index contributed by atoms with van der Waals surface area (Å²) in [4.78, 5) is 0. The van der Waals surface area contributed by atoms with E-state index < -0.39 is 48.6 Å². The second-order valence-corrected chi connectivity index (χ2v) is 4.06. The van der Waals surface area contributed by atoms with Gasteiger partial charge in [-0.2, -0.15) is 52.7 Å². The van der Waals surface area contributed by atoms with Crippen LogP contribution in [-0.4, -0.2) is 48.6 Å². The van der Waals surface area contributed by atoms with Crippen molar-refractivity contribution in [3.63, 3.8) is 0 Å². The second-order valence-electron chi connectivity index (χ2n) is 4.06. The number of alkyl halides is 15. The summed E-state index contributed by atoms with van der Waals surface area (Å²) >= 11 is 0. The molecule has 140 valence electrons. The van der Waals surface area contributed by atoms with E-state index in [0.717, 1.165) is 0 Å². The third-order valence-electron chi connectivity index (χ3n) is 2.50. The van der Waals surface area contributed by atoms with Crippen molar-refractivity contribution in [1.82, 2.24) is 0 Å². The molecule has 0 aliphatic rings. The molecule has 0 rings (SSSR count). The Morgan fingerprint density at radius 3 is 1.09 bits per heavy atom. The fourth-order valence-corrected chi connectivity index (χ4v) is 1.05. The van der Waals surface area contributed by atoms with E-state index in [4.69, 9.17) is 0 Å². The number of hydrogen-bond donors (Lipinski definition) is 0. The third-order valence-corrected chi connectivity index (χ3v) is 2.50. The maximum Gasteiger partial charge on any atom is 0.384 e. The van der Waals surface area contributed by atoms with Crippen molar-refractivity contribution in [2.24, 2.45) is 0 Å². The van der Waals surface area contributed by atoms with Crippen LogP contribution < -0.4 is 0 Å². The Labute approximate surface area is 116 Å². The molecule has 0 fully saturated rings. The number of rotatable bonds is 7. The third kappa shape index (κ3) is 2.68. The summed E-state index contributed by atoms with van der Waals surface area (Å²) in [7, 11) is 0. The summed E-state index contributed by atoms with van der Waals surface area (Å²) in [6, 6.07) is 0. The van der Waals surface area contributed by atoms with Gasteiger partial charge < -0.3 is 0 Å². The average Bonchev–Trinajstić information content (AvgIpc) is 2.37. The summed E-state index contributed by atoms with van der Waals surface area (Å²) in [5, 5.41) is 0. The maximum absolute atomic E-state index is 12.7. The largest absolute Gasteiger partial charge is 0.384 e. The van der Waals surface area contributed by atoms with Crippen LogP contribution in [0.2, 0.25) is 0 Å². The fraction of sp³-hybridized carbons (Fsp3) is 1.00. The van der Waals surface area contributed by atoms with Crippen molar-refractivity contribution >= 4 is 0 Å². The molecule has 0 aliphatic carbocycles. The Balaban J connectivity index is 6.29. The first-order valence-electron chi connectivity index (χ1n) is 4.86. The van der Waals surface area contributed by atoms with Crippen LogP contribution in [0, 0.1) is 0 Å². The highest BCUT2D eigenvalue weighted by atomic mass is 19.4. The van der Waals surface area contributed by atoms with Gasteiger partial charge in [0.15, 0.2) is 6.67 Å². The predicted molar refractivity (Wildman–Crippen MR) is 41.7 cm³/mol. The van der Waals surface area contributed by atoms with Gasteiger partial charge in [0.05, 0.1) is 0 Å². The molecule has 0 unspecified atom stereocenters. The second kappa shape index (κ2) is 5.50. The van der Waals surface area contributed by atoms with Crippen LogP contribution in [0.5, 0.6) is 0 Å². The van der Waals surface area contributed by atoms with Gasteiger partial charge in [0.2, 0.25) is 0 Å².